The Bertz CT molecular complexity index is 1520. The average molecular weight is 436 g/mol. The van der Waals surface area contributed by atoms with E-state index in [4.69, 9.17) is 6.57 Å². The molecular weight excluding hydrogens is 420 g/mol. The van der Waals surface area contributed by atoms with Crippen LogP contribution in [0.15, 0.2) is 52.4 Å². The Balaban J connectivity index is 1.85. The van der Waals surface area contributed by atoms with Gasteiger partial charge in [-0.25, -0.2) is 13.4 Å². The van der Waals surface area contributed by atoms with Crippen LogP contribution in [0.25, 0.3) is 15.9 Å². The first-order valence-electron chi connectivity index (χ1n) is 8.88. The fourth-order valence-electron chi connectivity index (χ4n) is 3.02. The number of aromatic nitrogens is 5. The van der Waals surface area contributed by atoms with E-state index >= 15 is 0 Å². The minimum Gasteiger partial charge on any atom is -0.359 e. The molecule has 4 aromatic rings. The van der Waals surface area contributed by atoms with Gasteiger partial charge >= 0.3 is 0 Å². The van der Waals surface area contributed by atoms with Crippen LogP contribution in [-0.4, -0.2) is 39.4 Å². The maximum Gasteiger partial charge on any atom is 0.290 e. The lowest BCUT2D eigenvalue weighted by molar-refractivity contribution is 0.602. The van der Waals surface area contributed by atoms with Gasteiger partial charge in [-0.15, -0.1) is 0 Å². The molecule has 0 aliphatic rings. The highest BCUT2D eigenvalue weighted by Crippen LogP contribution is 2.30. The summed E-state index contributed by atoms with van der Waals surface area (Å²) in [6.07, 6.45) is 3.87. The van der Waals surface area contributed by atoms with E-state index in [1.165, 1.54) is 23.1 Å². The number of para-hydroxylation sites is 1. The van der Waals surface area contributed by atoms with E-state index < -0.39 is 9.84 Å². The van der Waals surface area contributed by atoms with Crippen LogP contribution in [-0.2, 0) is 16.9 Å². The molecule has 0 aliphatic carbocycles. The number of benzene rings is 1. The number of rotatable bonds is 5. The number of fused-ring (bicyclic) bond motifs is 1. The van der Waals surface area contributed by atoms with Gasteiger partial charge in [-0.2, -0.15) is 0 Å². The van der Waals surface area contributed by atoms with Crippen LogP contribution >= 0.6 is 0 Å². The minimum absolute atomic E-state index is 0.0949. The molecule has 0 radical (unpaired) electrons. The van der Waals surface area contributed by atoms with Gasteiger partial charge in [0, 0.05) is 19.4 Å². The van der Waals surface area contributed by atoms with Gasteiger partial charge < -0.3 is 15.5 Å². The molecular formula is C19H16N8O3S. The van der Waals surface area contributed by atoms with Gasteiger partial charge in [0.1, 0.15) is 11.2 Å². The second-order valence-corrected chi connectivity index (χ2v) is 8.63. The SMILES string of the molecule is [C-]#[N+]c1cncc(Nc2cc(Nc3ccccc3S(C)(=O)=O)c3c(=O)n(C)[nH]c3n2)n1. The summed E-state index contributed by atoms with van der Waals surface area (Å²) in [5.74, 6) is 0.714. The summed E-state index contributed by atoms with van der Waals surface area (Å²) in [6.45, 7) is 7.06. The highest BCUT2D eigenvalue weighted by molar-refractivity contribution is 7.90. The second-order valence-electron chi connectivity index (χ2n) is 6.65. The van der Waals surface area contributed by atoms with E-state index in [9.17, 15) is 13.2 Å². The van der Waals surface area contributed by atoms with Gasteiger partial charge in [0.15, 0.2) is 15.5 Å². The zero-order valence-corrected chi connectivity index (χ0v) is 17.2. The Labute approximate surface area is 176 Å². The quantitative estimate of drug-likeness (QED) is 0.406. The topological polar surface area (TPSA) is 139 Å². The number of nitrogens with one attached hydrogen (secondary N) is 3. The Morgan fingerprint density at radius 2 is 1.87 bits per heavy atom. The Hall–Kier alpha value is -4.24. The third-order valence-corrected chi connectivity index (χ3v) is 5.51. The monoisotopic (exact) mass is 436 g/mol. The molecule has 3 heterocycles. The van der Waals surface area contributed by atoms with Gasteiger partial charge in [0.05, 0.1) is 28.7 Å². The van der Waals surface area contributed by atoms with Crippen molar-refractivity contribution in [2.24, 2.45) is 7.05 Å². The van der Waals surface area contributed by atoms with Crippen molar-refractivity contribution in [3.63, 3.8) is 0 Å². The molecule has 0 spiro atoms. The molecule has 156 valence electrons. The molecule has 11 nitrogen and oxygen atoms in total. The van der Waals surface area contributed by atoms with Crippen molar-refractivity contribution in [1.29, 1.82) is 0 Å². The Kier molecular flexibility index (Phi) is 4.88. The van der Waals surface area contributed by atoms with E-state index in [1.807, 2.05) is 0 Å². The van der Waals surface area contributed by atoms with Crippen molar-refractivity contribution in [3.8, 4) is 0 Å². The zero-order chi connectivity index (χ0) is 22.2. The minimum atomic E-state index is -3.51. The third-order valence-electron chi connectivity index (χ3n) is 4.36. The van der Waals surface area contributed by atoms with Crippen LogP contribution < -0.4 is 16.2 Å². The molecule has 0 unspecified atom stereocenters. The largest absolute Gasteiger partial charge is 0.359 e. The lowest BCUT2D eigenvalue weighted by Crippen LogP contribution is -2.12. The van der Waals surface area contributed by atoms with Crippen LogP contribution in [0.4, 0.5) is 28.8 Å². The van der Waals surface area contributed by atoms with Gasteiger partial charge in [-0.1, -0.05) is 23.7 Å². The van der Waals surface area contributed by atoms with E-state index in [0.29, 0.717) is 23.0 Å². The number of anilines is 4. The van der Waals surface area contributed by atoms with Crippen molar-refractivity contribution in [3.05, 3.63) is 64.5 Å². The first kappa shape index (κ1) is 20.0. The van der Waals surface area contributed by atoms with Crippen LogP contribution in [0, 0.1) is 6.57 Å². The van der Waals surface area contributed by atoms with Crippen molar-refractivity contribution in [1.82, 2.24) is 24.7 Å². The maximum atomic E-state index is 12.6. The molecule has 3 N–H and O–H groups in total. The Morgan fingerprint density at radius 1 is 1.10 bits per heavy atom. The predicted octanol–water partition coefficient (Wildman–Crippen LogP) is 2.49. The normalized spacial score (nSPS) is 11.3. The smallest absolute Gasteiger partial charge is 0.290 e. The molecule has 31 heavy (non-hydrogen) atoms. The van der Waals surface area contributed by atoms with Gasteiger partial charge in [0.2, 0.25) is 5.82 Å². The first-order valence-corrected chi connectivity index (χ1v) is 10.8. The van der Waals surface area contributed by atoms with Crippen LogP contribution in [0.3, 0.4) is 0 Å². The number of hydrogen-bond acceptors (Lipinski definition) is 8. The number of aromatic amines is 1. The lowest BCUT2D eigenvalue weighted by Gasteiger charge is -2.12. The second kappa shape index (κ2) is 7.54. The molecule has 0 atom stereocenters. The lowest BCUT2D eigenvalue weighted by atomic mass is 10.2. The number of H-pyrrole nitrogens is 1. The van der Waals surface area contributed by atoms with Crippen molar-refractivity contribution >= 4 is 49.7 Å². The summed E-state index contributed by atoms with van der Waals surface area (Å²) in [6, 6.07) is 7.96. The molecule has 0 bridgehead atoms. The molecule has 3 aromatic heterocycles. The summed E-state index contributed by atoms with van der Waals surface area (Å²) in [5, 5.41) is 9.12. The number of hydrogen-bond donors (Lipinski definition) is 3. The first-order chi connectivity index (χ1) is 14.8. The molecule has 1 aromatic carbocycles. The molecule has 0 saturated heterocycles. The fraction of sp³-hybridized carbons (Fsp3) is 0.105. The van der Waals surface area contributed by atoms with Crippen molar-refractivity contribution in [2.75, 3.05) is 16.9 Å². The van der Waals surface area contributed by atoms with E-state index in [0.717, 1.165) is 6.26 Å². The predicted molar refractivity (Wildman–Crippen MR) is 116 cm³/mol. The molecule has 0 amide bonds. The summed E-state index contributed by atoms with van der Waals surface area (Å²) >= 11 is 0. The molecule has 0 aliphatic heterocycles. The van der Waals surface area contributed by atoms with Crippen LogP contribution in [0.2, 0.25) is 0 Å². The van der Waals surface area contributed by atoms with E-state index in [-0.39, 0.29) is 27.3 Å². The highest BCUT2D eigenvalue weighted by atomic mass is 32.2. The summed E-state index contributed by atoms with van der Waals surface area (Å²) in [7, 11) is -1.96. The highest BCUT2D eigenvalue weighted by Gasteiger charge is 2.18. The number of sulfone groups is 1. The molecule has 0 saturated carbocycles. The zero-order valence-electron chi connectivity index (χ0n) is 16.4. The Morgan fingerprint density at radius 3 is 2.61 bits per heavy atom. The van der Waals surface area contributed by atoms with Crippen molar-refractivity contribution in [2.45, 2.75) is 4.90 Å². The average Bonchev–Trinajstić information content (AvgIpc) is 3.01. The van der Waals surface area contributed by atoms with Gasteiger partial charge in [-0.3, -0.25) is 19.6 Å². The maximum absolute atomic E-state index is 12.6. The number of nitrogens with zero attached hydrogens (tertiary/aromatic N) is 5. The van der Waals surface area contributed by atoms with Crippen molar-refractivity contribution < 1.29 is 8.42 Å². The van der Waals surface area contributed by atoms with Crippen LogP contribution in [0.5, 0.6) is 0 Å². The molecule has 4 rings (SSSR count). The van der Waals surface area contributed by atoms with E-state index in [1.54, 1.807) is 31.3 Å². The summed E-state index contributed by atoms with van der Waals surface area (Å²) in [4.78, 5) is 28.4. The van der Waals surface area contributed by atoms with Crippen LogP contribution in [0.1, 0.15) is 0 Å². The van der Waals surface area contributed by atoms with Gasteiger partial charge in [0.25, 0.3) is 11.4 Å². The fourth-order valence-corrected chi connectivity index (χ4v) is 3.87. The number of pyridine rings is 1. The third kappa shape index (κ3) is 3.94. The molecule has 12 heteroatoms. The van der Waals surface area contributed by atoms with Gasteiger partial charge in [-0.05, 0) is 12.1 Å². The summed E-state index contributed by atoms with van der Waals surface area (Å²) in [5.41, 5.74) is 0.621. The molecule has 0 fully saturated rings. The van der Waals surface area contributed by atoms with E-state index in [2.05, 4.69) is 35.5 Å². The number of aryl methyl sites for hydroxylation is 1. The standard InChI is InChI=1S/C19H16N8O3S/c1-20-15-9-21-10-16(24-15)23-14-8-12(17-18(25-14)26-27(2)19(17)28)22-11-6-4-5-7-13(11)31(3,29)30/h4-10H,2-3H3,(H3,22,23,24,25,26). The summed E-state index contributed by atoms with van der Waals surface area (Å²) < 4.78 is 25.6.